The average molecular weight is 203 g/mol. The van der Waals surface area contributed by atoms with Gasteiger partial charge in [-0.15, -0.1) is 0 Å². The highest BCUT2D eigenvalue weighted by Gasteiger charge is 2.27. The van der Waals surface area contributed by atoms with E-state index >= 15 is 0 Å². The van der Waals surface area contributed by atoms with Crippen molar-refractivity contribution in [2.45, 2.75) is 32.4 Å². The number of thioether (sulfide) groups is 1. The van der Waals surface area contributed by atoms with Crippen LogP contribution in [0.5, 0.6) is 0 Å². The summed E-state index contributed by atoms with van der Waals surface area (Å²) in [5.41, 5.74) is 0. The second kappa shape index (κ2) is 4.86. The van der Waals surface area contributed by atoms with E-state index in [0.717, 1.165) is 18.1 Å². The van der Waals surface area contributed by atoms with Gasteiger partial charge in [-0.2, -0.15) is 11.8 Å². The largest absolute Gasteiger partial charge is 0.383 e. The Bertz CT molecular complexity index is 186. The first-order valence-corrected chi connectivity index (χ1v) is 5.88. The van der Waals surface area contributed by atoms with E-state index in [0.29, 0.717) is 6.42 Å². The third-order valence-electron chi connectivity index (χ3n) is 2.32. The van der Waals surface area contributed by atoms with E-state index in [-0.39, 0.29) is 11.9 Å². The molecule has 1 aliphatic rings. The van der Waals surface area contributed by atoms with Crippen LogP contribution in [0.4, 0.5) is 0 Å². The number of aliphatic hydroxyl groups is 1. The predicted octanol–water partition coefficient (Wildman–Crippen LogP) is 0.721. The van der Waals surface area contributed by atoms with Gasteiger partial charge in [-0.05, 0) is 13.3 Å². The highest BCUT2D eigenvalue weighted by molar-refractivity contribution is 7.99. The van der Waals surface area contributed by atoms with Gasteiger partial charge in [0.2, 0.25) is 0 Å². The number of hydrogen-bond donors (Lipinski definition) is 1. The zero-order valence-electron chi connectivity index (χ0n) is 8.19. The number of amides is 1. The molecule has 13 heavy (non-hydrogen) atoms. The van der Waals surface area contributed by atoms with Crippen LogP contribution in [-0.2, 0) is 4.79 Å². The summed E-state index contributed by atoms with van der Waals surface area (Å²) in [6, 6.07) is 0.271. The Morgan fingerprint density at radius 3 is 3.00 bits per heavy atom. The molecule has 2 atom stereocenters. The zero-order chi connectivity index (χ0) is 9.84. The van der Waals surface area contributed by atoms with Gasteiger partial charge in [0.1, 0.15) is 6.10 Å². The molecule has 4 heteroatoms. The Balaban J connectivity index is 2.53. The first kappa shape index (κ1) is 10.9. The van der Waals surface area contributed by atoms with Gasteiger partial charge in [0.25, 0.3) is 5.91 Å². The second-order valence-electron chi connectivity index (χ2n) is 3.38. The molecule has 1 fully saturated rings. The fourth-order valence-electron chi connectivity index (χ4n) is 1.42. The maximum absolute atomic E-state index is 11.6. The van der Waals surface area contributed by atoms with Crippen molar-refractivity contribution < 1.29 is 9.90 Å². The summed E-state index contributed by atoms with van der Waals surface area (Å²) in [7, 11) is 0. The lowest BCUT2D eigenvalue weighted by molar-refractivity contribution is -0.141. The lowest BCUT2D eigenvalue weighted by atomic mass is 10.2. The van der Waals surface area contributed by atoms with E-state index in [2.05, 4.69) is 0 Å². The van der Waals surface area contributed by atoms with Gasteiger partial charge in [0.15, 0.2) is 0 Å². The summed E-state index contributed by atoms with van der Waals surface area (Å²) >= 11 is 1.87. The molecule has 0 aromatic rings. The van der Waals surface area contributed by atoms with E-state index in [1.54, 1.807) is 4.90 Å². The minimum atomic E-state index is -0.800. The number of rotatable bonds is 2. The van der Waals surface area contributed by atoms with Gasteiger partial charge in [-0.3, -0.25) is 4.79 Å². The normalized spacial score (nSPS) is 25.8. The van der Waals surface area contributed by atoms with Crippen LogP contribution in [0.15, 0.2) is 0 Å². The van der Waals surface area contributed by atoms with Gasteiger partial charge >= 0.3 is 0 Å². The van der Waals surface area contributed by atoms with Crippen LogP contribution in [0.2, 0.25) is 0 Å². The van der Waals surface area contributed by atoms with Crippen molar-refractivity contribution in [3.8, 4) is 0 Å². The molecular weight excluding hydrogens is 186 g/mol. The van der Waals surface area contributed by atoms with Crippen molar-refractivity contribution in [3.63, 3.8) is 0 Å². The van der Waals surface area contributed by atoms with Crippen LogP contribution in [0, 0.1) is 0 Å². The molecule has 3 nitrogen and oxygen atoms in total. The number of nitrogens with zero attached hydrogens (tertiary/aromatic N) is 1. The number of hydrogen-bond acceptors (Lipinski definition) is 3. The molecule has 2 unspecified atom stereocenters. The number of carbonyl (C=O) groups excluding carboxylic acids is 1. The lowest BCUT2D eigenvalue weighted by Gasteiger charge is -2.34. The summed E-state index contributed by atoms with van der Waals surface area (Å²) in [6.07, 6.45) is -0.291. The molecule has 1 amide bonds. The Morgan fingerprint density at radius 2 is 2.46 bits per heavy atom. The van der Waals surface area contributed by atoms with Gasteiger partial charge < -0.3 is 10.0 Å². The monoisotopic (exact) mass is 203 g/mol. The standard InChI is InChI=1S/C9H17NO2S/c1-3-8(11)9(12)10-4-5-13-6-7(10)2/h7-8,11H,3-6H2,1-2H3. The maximum atomic E-state index is 11.6. The second-order valence-corrected chi connectivity index (χ2v) is 4.53. The van der Waals surface area contributed by atoms with Crippen molar-refractivity contribution >= 4 is 17.7 Å². The predicted molar refractivity (Wildman–Crippen MR) is 54.8 cm³/mol. The maximum Gasteiger partial charge on any atom is 0.251 e. The molecule has 1 heterocycles. The van der Waals surface area contributed by atoms with Gasteiger partial charge in [-0.25, -0.2) is 0 Å². The molecule has 1 aliphatic heterocycles. The molecule has 1 N–H and O–H groups in total. The molecule has 0 saturated carbocycles. The van der Waals surface area contributed by atoms with Crippen LogP contribution in [0.25, 0.3) is 0 Å². The molecule has 76 valence electrons. The molecule has 0 spiro atoms. The number of aliphatic hydroxyl groups excluding tert-OH is 1. The summed E-state index contributed by atoms with van der Waals surface area (Å²) in [5, 5.41) is 9.40. The van der Waals surface area contributed by atoms with Crippen molar-refractivity contribution in [2.24, 2.45) is 0 Å². The quantitative estimate of drug-likeness (QED) is 0.719. The van der Waals surface area contributed by atoms with E-state index in [9.17, 15) is 9.90 Å². The Labute approximate surface area is 83.5 Å². The SMILES string of the molecule is CCC(O)C(=O)N1CCSCC1C. The van der Waals surface area contributed by atoms with E-state index in [1.807, 2.05) is 25.6 Å². The van der Waals surface area contributed by atoms with Crippen molar-refractivity contribution in [1.82, 2.24) is 4.90 Å². The summed E-state index contributed by atoms with van der Waals surface area (Å²) in [6.45, 7) is 4.64. The Kier molecular flexibility index (Phi) is 4.06. The van der Waals surface area contributed by atoms with E-state index in [1.165, 1.54) is 0 Å². The molecule has 0 radical (unpaired) electrons. The summed E-state index contributed by atoms with van der Waals surface area (Å²) < 4.78 is 0. The van der Waals surface area contributed by atoms with Crippen molar-refractivity contribution in [1.29, 1.82) is 0 Å². The topological polar surface area (TPSA) is 40.5 Å². The zero-order valence-corrected chi connectivity index (χ0v) is 9.01. The molecule has 0 aliphatic carbocycles. The van der Waals surface area contributed by atoms with Gasteiger partial charge in [0, 0.05) is 24.1 Å². The third-order valence-corrected chi connectivity index (χ3v) is 3.51. The average Bonchev–Trinajstić information content (AvgIpc) is 2.16. The minimum absolute atomic E-state index is 0.102. The van der Waals surface area contributed by atoms with E-state index in [4.69, 9.17) is 0 Å². The third kappa shape index (κ3) is 2.61. The highest BCUT2D eigenvalue weighted by atomic mass is 32.2. The lowest BCUT2D eigenvalue weighted by Crippen LogP contribution is -2.48. The molecule has 1 saturated heterocycles. The fraction of sp³-hybridized carbons (Fsp3) is 0.889. The fourth-order valence-corrected chi connectivity index (χ4v) is 2.43. The molecular formula is C9H17NO2S. The van der Waals surface area contributed by atoms with Crippen molar-refractivity contribution in [2.75, 3.05) is 18.1 Å². The van der Waals surface area contributed by atoms with Gasteiger partial charge in [-0.1, -0.05) is 6.92 Å². The van der Waals surface area contributed by atoms with E-state index < -0.39 is 6.10 Å². The summed E-state index contributed by atoms with van der Waals surface area (Å²) in [4.78, 5) is 13.4. The van der Waals surface area contributed by atoms with Gasteiger partial charge in [0.05, 0.1) is 0 Å². The molecule has 0 aromatic heterocycles. The Hall–Kier alpha value is -0.220. The summed E-state index contributed by atoms with van der Waals surface area (Å²) in [5.74, 6) is 1.88. The first-order valence-electron chi connectivity index (χ1n) is 4.73. The minimum Gasteiger partial charge on any atom is -0.383 e. The molecule has 0 bridgehead atoms. The first-order chi connectivity index (χ1) is 6.16. The smallest absolute Gasteiger partial charge is 0.251 e. The molecule has 1 rings (SSSR count). The molecule has 0 aromatic carbocycles. The number of carbonyl (C=O) groups is 1. The van der Waals surface area contributed by atoms with Crippen molar-refractivity contribution in [3.05, 3.63) is 0 Å². The highest BCUT2D eigenvalue weighted by Crippen LogP contribution is 2.17. The van der Waals surface area contributed by atoms with Crippen LogP contribution in [0.1, 0.15) is 20.3 Å². The van der Waals surface area contributed by atoms with Crippen LogP contribution >= 0.6 is 11.8 Å². The Morgan fingerprint density at radius 1 is 1.77 bits per heavy atom. The van der Waals surface area contributed by atoms with Crippen LogP contribution in [0.3, 0.4) is 0 Å². The van der Waals surface area contributed by atoms with Crippen LogP contribution in [-0.4, -0.2) is 46.1 Å². The van der Waals surface area contributed by atoms with Crippen LogP contribution < -0.4 is 0 Å².